The molecule has 1 N–H and O–H groups in total. The van der Waals surface area contributed by atoms with Crippen molar-refractivity contribution in [2.45, 2.75) is 32.1 Å². The lowest BCUT2D eigenvalue weighted by atomic mass is 10.0. The van der Waals surface area contributed by atoms with E-state index >= 15 is 0 Å². The Bertz CT molecular complexity index is 1260. The molecule has 0 atom stereocenters. The van der Waals surface area contributed by atoms with Gasteiger partial charge in [-0.05, 0) is 42.2 Å². The molecule has 9 heteroatoms. The summed E-state index contributed by atoms with van der Waals surface area (Å²) >= 11 is 0. The molecule has 3 aromatic carbocycles. The van der Waals surface area contributed by atoms with Crippen molar-refractivity contribution in [3.05, 3.63) is 95.8 Å². The zero-order valence-corrected chi connectivity index (χ0v) is 22.5. The van der Waals surface area contributed by atoms with E-state index in [1.807, 2.05) is 65.6 Å². The minimum atomic E-state index is -0.625. The lowest BCUT2D eigenvalue weighted by Gasteiger charge is -2.43. The van der Waals surface area contributed by atoms with E-state index in [0.717, 1.165) is 37.1 Å². The van der Waals surface area contributed by atoms with Crippen LogP contribution >= 0.6 is 0 Å². The summed E-state index contributed by atoms with van der Waals surface area (Å²) in [5.41, 5.74) is 2.74. The van der Waals surface area contributed by atoms with E-state index in [1.165, 1.54) is 6.07 Å². The van der Waals surface area contributed by atoms with E-state index in [4.69, 9.17) is 9.47 Å². The van der Waals surface area contributed by atoms with Crippen LogP contribution in [0.2, 0.25) is 0 Å². The normalized spacial score (nSPS) is 16.4. The molecule has 2 saturated heterocycles. The first-order chi connectivity index (χ1) is 19.5. The lowest BCUT2D eigenvalue weighted by Crippen LogP contribution is -2.54. The number of amides is 2. The fourth-order valence-electron chi connectivity index (χ4n) is 5.27. The number of carbonyl (C=O) groups is 2. The number of rotatable bonds is 7. The minimum absolute atomic E-state index is 0.148. The summed E-state index contributed by atoms with van der Waals surface area (Å²) in [6.07, 6.45) is 0.913. The van der Waals surface area contributed by atoms with Gasteiger partial charge in [0.15, 0.2) is 0 Å². The van der Waals surface area contributed by atoms with Crippen molar-refractivity contribution in [1.29, 1.82) is 0 Å². The van der Waals surface area contributed by atoms with E-state index in [-0.39, 0.29) is 25.1 Å². The molecular weight excluding hydrogens is 511 g/mol. The van der Waals surface area contributed by atoms with Crippen LogP contribution in [0.25, 0.3) is 0 Å². The average Bonchev–Trinajstić information content (AvgIpc) is 3.00. The second kappa shape index (κ2) is 13.3. The summed E-state index contributed by atoms with van der Waals surface area (Å²) in [7, 11) is 0. The number of anilines is 2. The van der Waals surface area contributed by atoms with Crippen LogP contribution in [0.15, 0.2) is 78.9 Å². The summed E-state index contributed by atoms with van der Waals surface area (Å²) in [4.78, 5) is 30.9. The molecule has 40 heavy (non-hydrogen) atoms. The number of halogens is 1. The average molecular weight is 547 g/mol. The maximum Gasteiger partial charge on any atom is 0.411 e. The number of piperazine rings is 1. The minimum Gasteiger partial charge on any atom is -0.445 e. The van der Waals surface area contributed by atoms with E-state index in [0.29, 0.717) is 43.6 Å². The third-order valence-electron chi connectivity index (χ3n) is 7.51. The van der Waals surface area contributed by atoms with Gasteiger partial charge in [-0.1, -0.05) is 60.7 Å². The van der Waals surface area contributed by atoms with Gasteiger partial charge >= 0.3 is 12.2 Å². The first-order valence-electron chi connectivity index (χ1n) is 13.8. The summed E-state index contributed by atoms with van der Waals surface area (Å²) < 4.78 is 25.7. The molecule has 0 aliphatic carbocycles. The molecule has 2 aliphatic rings. The molecule has 210 valence electrons. The molecular formula is C31H35FN4O4. The van der Waals surface area contributed by atoms with Crippen molar-refractivity contribution in [2.75, 3.05) is 49.5 Å². The smallest absolute Gasteiger partial charge is 0.411 e. The van der Waals surface area contributed by atoms with Crippen LogP contribution in [-0.2, 0) is 22.7 Å². The molecule has 0 bridgehead atoms. The van der Waals surface area contributed by atoms with Crippen LogP contribution in [-0.4, -0.2) is 67.3 Å². The molecule has 0 radical (unpaired) electrons. The fourth-order valence-corrected chi connectivity index (χ4v) is 5.27. The van der Waals surface area contributed by atoms with Gasteiger partial charge in [-0.15, -0.1) is 0 Å². The molecule has 2 aliphatic heterocycles. The van der Waals surface area contributed by atoms with E-state index in [1.54, 1.807) is 17.0 Å². The molecule has 0 saturated carbocycles. The van der Waals surface area contributed by atoms with Crippen LogP contribution in [0, 0.1) is 5.82 Å². The van der Waals surface area contributed by atoms with Crippen LogP contribution in [0.4, 0.5) is 25.4 Å². The van der Waals surface area contributed by atoms with Gasteiger partial charge in [0.25, 0.3) is 0 Å². The highest BCUT2D eigenvalue weighted by atomic mass is 19.1. The van der Waals surface area contributed by atoms with E-state index < -0.39 is 6.09 Å². The Morgan fingerprint density at radius 2 is 1.38 bits per heavy atom. The molecule has 0 unspecified atom stereocenters. The summed E-state index contributed by atoms with van der Waals surface area (Å²) in [5, 5.41) is 2.60. The second-order valence-electron chi connectivity index (χ2n) is 10.1. The first-order valence-corrected chi connectivity index (χ1v) is 13.8. The van der Waals surface area contributed by atoms with Crippen molar-refractivity contribution >= 4 is 23.6 Å². The predicted molar refractivity (Wildman–Crippen MR) is 152 cm³/mol. The van der Waals surface area contributed by atoms with Crippen molar-refractivity contribution in [3.63, 3.8) is 0 Å². The quantitative estimate of drug-likeness (QED) is 0.422. The lowest BCUT2D eigenvalue weighted by molar-refractivity contribution is 0.0663. The summed E-state index contributed by atoms with van der Waals surface area (Å²) in [6, 6.07) is 24.2. The molecule has 2 amide bonds. The van der Waals surface area contributed by atoms with Crippen LogP contribution in [0.5, 0.6) is 0 Å². The van der Waals surface area contributed by atoms with E-state index in [2.05, 4.69) is 10.2 Å². The second-order valence-corrected chi connectivity index (χ2v) is 10.1. The van der Waals surface area contributed by atoms with Crippen molar-refractivity contribution < 1.29 is 23.5 Å². The van der Waals surface area contributed by atoms with Gasteiger partial charge in [0, 0.05) is 51.0 Å². The number of hydrogen-bond donors (Lipinski definition) is 1. The Morgan fingerprint density at radius 3 is 1.98 bits per heavy atom. The van der Waals surface area contributed by atoms with Gasteiger partial charge < -0.3 is 19.3 Å². The SMILES string of the molecule is O=C(Nc1ccc(N2CCN(C3CCN(C(=O)OCc4ccccc4)CC3)CC2)c(F)c1)OCc1ccccc1. The zero-order valence-electron chi connectivity index (χ0n) is 22.5. The van der Waals surface area contributed by atoms with Crippen LogP contribution in [0.1, 0.15) is 24.0 Å². The van der Waals surface area contributed by atoms with Gasteiger partial charge in [-0.2, -0.15) is 0 Å². The molecule has 0 spiro atoms. The Labute approximate surface area is 234 Å². The Morgan fingerprint density at radius 1 is 0.775 bits per heavy atom. The van der Waals surface area contributed by atoms with Gasteiger partial charge in [-0.25, -0.2) is 14.0 Å². The standard InChI is InChI=1S/C31H35FN4O4/c32-28-21-26(33-30(37)39-22-24-7-3-1-4-8-24)11-12-29(28)35-19-17-34(18-20-35)27-13-15-36(16-14-27)31(38)40-23-25-9-5-2-6-10-25/h1-12,21,27H,13-20,22-23H2,(H,33,37). The number of nitrogens with one attached hydrogen (secondary N) is 1. The van der Waals surface area contributed by atoms with Gasteiger partial charge in [0.05, 0.1) is 5.69 Å². The predicted octanol–water partition coefficient (Wildman–Crippen LogP) is 5.50. The molecule has 2 fully saturated rings. The largest absolute Gasteiger partial charge is 0.445 e. The molecule has 0 aromatic heterocycles. The Balaban J connectivity index is 1.04. The number of benzene rings is 3. The number of ether oxygens (including phenoxy) is 2. The number of likely N-dealkylation sites (tertiary alicyclic amines) is 1. The molecule has 2 heterocycles. The number of nitrogens with zero attached hydrogens (tertiary/aromatic N) is 3. The van der Waals surface area contributed by atoms with Gasteiger partial charge in [-0.3, -0.25) is 10.2 Å². The zero-order chi connectivity index (χ0) is 27.7. The van der Waals surface area contributed by atoms with E-state index in [9.17, 15) is 14.0 Å². The number of piperidine rings is 1. The first kappa shape index (κ1) is 27.5. The topological polar surface area (TPSA) is 74.4 Å². The third-order valence-corrected chi connectivity index (χ3v) is 7.51. The third kappa shape index (κ3) is 7.30. The Kier molecular flexibility index (Phi) is 9.13. The Hall–Kier alpha value is -4.11. The fraction of sp³-hybridized carbons (Fsp3) is 0.355. The monoisotopic (exact) mass is 546 g/mol. The maximum atomic E-state index is 15.0. The highest BCUT2D eigenvalue weighted by molar-refractivity contribution is 5.85. The van der Waals surface area contributed by atoms with Gasteiger partial charge in [0.2, 0.25) is 0 Å². The summed E-state index contributed by atoms with van der Waals surface area (Å²) in [5.74, 6) is -0.378. The van der Waals surface area contributed by atoms with Crippen molar-refractivity contribution in [1.82, 2.24) is 9.80 Å². The van der Waals surface area contributed by atoms with Crippen molar-refractivity contribution in [2.24, 2.45) is 0 Å². The van der Waals surface area contributed by atoms with Gasteiger partial charge in [0.1, 0.15) is 19.0 Å². The molecule has 3 aromatic rings. The number of carbonyl (C=O) groups excluding carboxylic acids is 2. The maximum absolute atomic E-state index is 15.0. The highest BCUT2D eigenvalue weighted by Crippen LogP contribution is 2.26. The van der Waals surface area contributed by atoms with Crippen molar-refractivity contribution in [3.8, 4) is 0 Å². The summed E-state index contributed by atoms with van der Waals surface area (Å²) in [6.45, 7) is 4.86. The highest BCUT2D eigenvalue weighted by Gasteiger charge is 2.30. The molecule has 8 nitrogen and oxygen atoms in total. The van der Waals surface area contributed by atoms with Crippen LogP contribution in [0.3, 0.4) is 0 Å². The molecule has 5 rings (SSSR count). The van der Waals surface area contributed by atoms with Crippen LogP contribution < -0.4 is 10.2 Å². The number of hydrogen-bond acceptors (Lipinski definition) is 6.